The van der Waals surface area contributed by atoms with E-state index in [4.69, 9.17) is 31.2 Å². The molecule has 3 aromatic rings. The average Bonchev–Trinajstić information content (AvgIpc) is 2.88. The minimum Gasteiger partial charge on any atom is -0.497 e. The molecule has 2 heterocycles. The van der Waals surface area contributed by atoms with Gasteiger partial charge in [0.1, 0.15) is 28.9 Å². The summed E-state index contributed by atoms with van der Waals surface area (Å²) in [4.78, 5) is 15.8. The molecule has 1 fully saturated rings. The van der Waals surface area contributed by atoms with Crippen LogP contribution >= 0.6 is 12.2 Å². The lowest BCUT2D eigenvalue weighted by atomic mass is 9.78. The third-order valence-corrected chi connectivity index (χ3v) is 6.97. The first-order valence-electron chi connectivity index (χ1n) is 11.4. The summed E-state index contributed by atoms with van der Waals surface area (Å²) in [6, 6.07) is 19.8. The second-order valence-corrected chi connectivity index (χ2v) is 9.08. The standard InChI is InChI=1S/C27H27N3O5S/c1-27-23(25(31)28-16-9-11-17(32-2)12-10-16)24(19-15-18(33-3)13-14-21(19)35-27)29-26(36)30(27)20-7-5-6-8-22(20)34-4/h5-15,23-24H,1-4H3,(H,28,31)(H,29,36). The number of methoxy groups -OCH3 is 3. The number of para-hydroxylation sites is 2. The van der Waals surface area contributed by atoms with Crippen LogP contribution in [0, 0.1) is 5.92 Å². The number of nitrogens with one attached hydrogen (secondary N) is 2. The molecule has 2 aliphatic rings. The molecule has 1 amide bonds. The van der Waals surface area contributed by atoms with Crippen molar-refractivity contribution in [2.75, 3.05) is 31.5 Å². The summed E-state index contributed by atoms with van der Waals surface area (Å²) in [5.74, 6) is 1.70. The van der Waals surface area contributed by atoms with Gasteiger partial charge < -0.3 is 29.6 Å². The van der Waals surface area contributed by atoms with Crippen LogP contribution in [0.25, 0.3) is 0 Å². The lowest BCUT2D eigenvalue weighted by molar-refractivity contribution is -0.130. The minimum atomic E-state index is -1.17. The summed E-state index contributed by atoms with van der Waals surface area (Å²) in [5, 5.41) is 6.87. The van der Waals surface area contributed by atoms with Gasteiger partial charge in [-0.15, -0.1) is 0 Å². The smallest absolute Gasteiger partial charge is 0.236 e. The molecule has 3 atom stereocenters. The Morgan fingerprint density at radius 1 is 1.00 bits per heavy atom. The van der Waals surface area contributed by atoms with Crippen molar-refractivity contribution in [2.45, 2.75) is 18.7 Å². The highest BCUT2D eigenvalue weighted by Gasteiger charge is 2.59. The Morgan fingerprint density at radius 3 is 2.39 bits per heavy atom. The molecule has 1 saturated heterocycles. The summed E-state index contributed by atoms with van der Waals surface area (Å²) in [6.45, 7) is 1.88. The zero-order chi connectivity index (χ0) is 25.4. The molecule has 0 radical (unpaired) electrons. The van der Waals surface area contributed by atoms with Gasteiger partial charge in [0, 0.05) is 11.3 Å². The van der Waals surface area contributed by atoms with E-state index in [9.17, 15) is 4.79 Å². The molecular formula is C27H27N3O5S. The number of ether oxygens (including phenoxy) is 4. The van der Waals surface area contributed by atoms with Crippen LogP contribution in [0.5, 0.6) is 23.0 Å². The fraction of sp³-hybridized carbons (Fsp3) is 0.259. The molecule has 5 rings (SSSR count). The maximum absolute atomic E-state index is 13.9. The van der Waals surface area contributed by atoms with Crippen LogP contribution in [0.3, 0.4) is 0 Å². The number of carbonyl (C=O) groups excluding carboxylic acids is 1. The van der Waals surface area contributed by atoms with Crippen LogP contribution in [0.4, 0.5) is 11.4 Å². The van der Waals surface area contributed by atoms with Crippen LogP contribution in [0.15, 0.2) is 66.7 Å². The molecule has 3 unspecified atom stereocenters. The Bertz CT molecular complexity index is 1320. The Labute approximate surface area is 215 Å². The third-order valence-electron chi connectivity index (χ3n) is 6.67. The summed E-state index contributed by atoms with van der Waals surface area (Å²) in [7, 11) is 4.80. The van der Waals surface area contributed by atoms with E-state index in [0.29, 0.717) is 39.5 Å². The average molecular weight is 506 g/mol. The van der Waals surface area contributed by atoms with E-state index in [-0.39, 0.29) is 5.91 Å². The SMILES string of the molecule is COc1ccc(NC(=O)C2C3NC(=S)N(c4ccccc4OC)C2(C)Oc2ccc(OC)cc23)cc1. The van der Waals surface area contributed by atoms with Crippen LogP contribution < -0.4 is 34.5 Å². The van der Waals surface area contributed by atoms with Gasteiger partial charge in [0.2, 0.25) is 5.91 Å². The molecule has 186 valence electrons. The fourth-order valence-electron chi connectivity index (χ4n) is 4.96. The predicted molar refractivity (Wildman–Crippen MR) is 141 cm³/mol. The first-order chi connectivity index (χ1) is 17.4. The van der Waals surface area contributed by atoms with E-state index < -0.39 is 17.7 Å². The summed E-state index contributed by atoms with van der Waals surface area (Å²) in [6.07, 6.45) is 0. The summed E-state index contributed by atoms with van der Waals surface area (Å²) < 4.78 is 23.0. The highest BCUT2D eigenvalue weighted by atomic mass is 32.1. The highest BCUT2D eigenvalue weighted by molar-refractivity contribution is 7.80. The maximum atomic E-state index is 13.9. The molecule has 2 bridgehead atoms. The molecular weight excluding hydrogens is 478 g/mol. The quantitative estimate of drug-likeness (QED) is 0.474. The predicted octanol–water partition coefficient (Wildman–Crippen LogP) is 4.51. The Balaban J connectivity index is 1.62. The molecule has 36 heavy (non-hydrogen) atoms. The van der Waals surface area contributed by atoms with Gasteiger partial charge in [-0.1, -0.05) is 12.1 Å². The van der Waals surface area contributed by atoms with Crippen LogP contribution in [-0.2, 0) is 4.79 Å². The van der Waals surface area contributed by atoms with E-state index in [1.807, 2.05) is 54.3 Å². The molecule has 2 N–H and O–H groups in total. The molecule has 2 aliphatic heterocycles. The van der Waals surface area contributed by atoms with E-state index in [1.54, 1.807) is 45.6 Å². The van der Waals surface area contributed by atoms with Gasteiger partial charge in [-0.3, -0.25) is 9.69 Å². The van der Waals surface area contributed by atoms with Gasteiger partial charge in [0.15, 0.2) is 10.8 Å². The van der Waals surface area contributed by atoms with Gasteiger partial charge in [-0.05, 0) is 73.7 Å². The second-order valence-electron chi connectivity index (χ2n) is 8.69. The Kier molecular flexibility index (Phi) is 6.09. The number of fused-ring (bicyclic) bond motifs is 4. The fourth-order valence-corrected chi connectivity index (χ4v) is 5.37. The topological polar surface area (TPSA) is 81.3 Å². The molecule has 0 spiro atoms. The van der Waals surface area contributed by atoms with Crippen molar-refractivity contribution in [2.24, 2.45) is 5.92 Å². The van der Waals surface area contributed by atoms with E-state index in [0.717, 1.165) is 5.56 Å². The van der Waals surface area contributed by atoms with Crippen molar-refractivity contribution in [3.05, 3.63) is 72.3 Å². The van der Waals surface area contributed by atoms with Gasteiger partial charge in [0.25, 0.3) is 0 Å². The van der Waals surface area contributed by atoms with Crippen LogP contribution in [0.2, 0.25) is 0 Å². The number of rotatable bonds is 6. The maximum Gasteiger partial charge on any atom is 0.236 e. The molecule has 3 aromatic carbocycles. The minimum absolute atomic E-state index is 0.226. The van der Waals surface area contributed by atoms with Crippen LogP contribution in [0.1, 0.15) is 18.5 Å². The first-order valence-corrected chi connectivity index (χ1v) is 11.9. The third kappa shape index (κ3) is 3.85. The van der Waals surface area contributed by atoms with Gasteiger partial charge in [-0.25, -0.2) is 0 Å². The molecule has 0 aromatic heterocycles. The van der Waals surface area contributed by atoms with Crippen molar-refractivity contribution in [1.29, 1.82) is 0 Å². The van der Waals surface area contributed by atoms with Crippen molar-refractivity contribution < 1.29 is 23.7 Å². The van der Waals surface area contributed by atoms with E-state index in [1.165, 1.54) is 0 Å². The lowest BCUT2D eigenvalue weighted by Gasteiger charge is -2.56. The second kappa shape index (κ2) is 9.23. The molecule has 0 aliphatic carbocycles. The number of benzene rings is 3. The number of thiocarbonyl (C=S) groups is 1. The summed E-state index contributed by atoms with van der Waals surface area (Å²) in [5.41, 5.74) is 0.964. The highest BCUT2D eigenvalue weighted by Crippen LogP contribution is 2.51. The number of hydrogen-bond donors (Lipinski definition) is 2. The number of anilines is 2. The lowest BCUT2D eigenvalue weighted by Crippen LogP contribution is -2.72. The van der Waals surface area contributed by atoms with Crippen molar-refractivity contribution >= 4 is 34.6 Å². The molecule has 9 heteroatoms. The van der Waals surface area contributed by atoms with E-state index in [2.05, 4.69) is 10.6 Å². The first kappa shape index (κ1) is 23.7. The summed E-state index contributed by atoms with van der Waals surface area (Å²) >= 11 is 5.83. The van der Waals surface area contributed by atoms with Crippen molar-refractivity contribution in [3.63, 3.8) is 0 Å². The van der Waals surface area contributed by atoms with Gasteiger partial charge in [-0.2, -0.15) is 0 Å². The van der Waals surface area contributed by atoms with Gasteiger partial charge >= 0.3 is 0 Å². The Hall–Kier alpha value is -3.98. The number of amides is 1. The number of carbonyl (C=O) groups is 1. The number of nitrogens with zero attached hydrogens (tertiary/aromatic N) is 1. The zero-order valence-electron chi connectivity index (χ0n) is 20.4. The normalized spacial score (nSPS) is 22.0. The van der Waals surface area contributed by atoms with Crippen LogP contribution in [-0.4, -0.2) is 38.1 Å². The zero-order valence-corrected chi connectivity index (χ0v) is 21.2. The van der Waals surface area contributed by atoms with Gasteiger partial charge in [0.05, 0.1) is 33.1 Å². The molecule has 8 nitrogen and oxygen atoms in total. The van der Waals surface area contributed by atoms with E-state index >= 15 is 0 Å². The van der Waals surface area contributed by atoms with Crippen molar-refractivity contribution in [1.82, 2.24) is 5.32 Å². The largest absolute Gasteiger partial charge is 0.497 e. The molecule has 0 saturated carbocycles. The number of hydrogen-bond acceptors (Lipinski definition) is 6. The van der Waals surface area contributed by atoms with Crippen molar-refractivity contribution in [3.8, 4) is 23.0 Å². The monoisotopic (exact) mass is 505 g/mol. The Morgan fingerprint density at radius 2 is 1.69 bits per heavy atom.